The van der Waals surface area contributed by atoms with Crippen molar-refractivity contribution in [3.8, 4) is 11.3 Å². The van der Waals surface area contributed by atoms with Gasteiger partial charge < -0.3 is 18.7 Å². The van der Waals surface area contributed by atoms with Crippen LogP contribution in [0.3, 0.4) is 0 Å². The molecule has 2 aromatic carbocycles. The summed E-state index contributed by atoms with van der Waals surface area (Å²) in [6.07, 6.45) is 4.95. The lowest BCUT2D eigenvalue weighted by atomic mass is 10.0. The molecule has 1 aliphatic heterocycles. The van der Waals surface area contributed by atoms with Crippen molar-refractivity contribution in [2.24, 2.45) is 7.05 Å². The van der Waals surface area contributed by atoms with Crippen molar-refractivity contribution in [1.82, 2.24) is 14.6 Å². The third-order valence-electron chi connectivity index (χ3n) is 8.13. The molecule has 6 rings (SSSR count). The highest BCUT2D eigenvalue weighted by Crippen LogP contribution is 2.46. The van der Waals surface area contributed by atoms with Gasteiger partial charge in [-0.15, -0.1) is 0 Å². The lowest BCUT2D eigenvalue weighted by Crippen LogP contribution is -2.52. The fourth-order valence-corrected chi connectivity index (χ4v) is 6.39. The first-order valence-electron chi connectivity index (χ1n) is 13.4. The Morgan fingerprint density at radius 2 is 1.92 bits per heavy atom. The van der Waals surface area contributed by atoms with Gasteiger partial charge in [-0.05, 0) is 56.5 Å². The van der Waals surface area contributed by atoms with Crippen LogP contribution < -0.4 is 4.90 Å². The van der Waals surface area contributed by atoms with E-state index in [-0.39, 0.29) is 5.97 Å². The van der Waals surface area contributed by atoms with Crippen LogP contribution in [0.2, 0.25) is 10.0 Å². The van der Waals surface area contributed by atoms with Gasteiger partial charge in [-0.1, -0.05) is 34.4 Å². The summed E-state index contributed by atoms with van der Waals surface area (Å²) in [7, 11) is 3.38. The summed E-state index contributed by atoms with van der Waals surface area (Å²) < 4.78 is 12.8. The number of carbonyl (C=O) groups is 1. The van der Waals surface area contributed by atoms with E-state index in [4.69, 9.17) is 32.5 Å². The topological polar surface area (TPSA) is 63.7 Å². The summed E-state index contributed by atoms with van der Waals surface area (Å²) in [5.74, 6) is 1.13. The third kappa shape index (κ3) is 4.92. The maximum absolute atomic E-state index is 12.2. The average Bonchev–Trinajstić information content (AvgIpc) is 3.61. The first-order chi connectivity index (χ1) is 18.9. The van der Waals surface area contributed by atoms with Gasteiger partial charge in [-0.3, -0.25) is 4.90 Å². The zero-order valence-corrected chi connectivity index (χ0v) is 23.9. The molecule has 1 atom stereocenters. The number of anilines is 1. The summed E-state index contributed by atoms with van der Waals surface area (Å²) in [6, 6.07) is 12.2. The molecule has 3 heterocycles. The first-order valence-corrected chi connectivity index (χ1v) is 14.2. The lowest BCUT2D eigenvalue weighted by molar-refractivity contribution is 0.0602. The van der Waals surface area contributed by atoms with Crippen molar-refractivity contribution in [1.29, 1.82) is 0 Å². The zero-order chi connectivity index (χ0) is 27.3. The number of piperazine rings is 1. The highest BCUT2D eigenvalue weighted by molar-refractivity contribution is 6.39. The van der Waals surface area contributed by atoms with Crippen LogP contribution in [0.5, 0.6) is 0 Å². The molecule has 2 aromatic heterocycles. The van der Waals surface area contributed by atoms with Crippen molar-refractivity contribution in [2.75, 3.05) is 38.2 Å². The highest BCUT2D eigenvalue weighted by Gasteiger charge is 2.34. The third-order valence-corrected chi connectivity index (χ3v) is 8.75. The van der Waals surface area contributed by atoms with Gasteiger partial charge in [-0.2, -0.15) is 0 Å². The van der Waals surface area contributed by atoms with E-state index >= 15 is 0 Å². The number of aromatic nitrogens is 2. The largest absolute Gasteiger partial charge is 0.465 e. The Morgan fingerprint density at radius 3 is 2.62 bits per heavy atom. The molecule has 0 N–H and O–H groups in total. The van der Waals surface area contributed by atoms with Crippen molar-refractivity contribution in [3.63, 3.8) is 0 Å². The summed E-state index contributed by atoms with van der Waals surface area (Å²) in [5.41, 5.74) is 5.46. The van der Waals surface area contributed by atoms with Crippen LogP contribution in [0.15, 0.2) is 47.1 Å². The van der Waals surface area contributed by atoms with E-state index in [9.17, 15) is 4.79 Å². The molecule has 1 saturated carbocycles. The minimum atomic E-state index is -0.312. The van der Waals surface area contributed by atoms with Crippen LogP contribution in [0.25, 0.3) is 22.2 Å². The van der Waals surface area contributed by atoms with Crippen LogP contribution in [0, 0.1) is 0 Å². The number of ether oxygens (including phenoxy) is 1. The predicted octanol–water partition coefficient (Wildman–Crippen LogP) is 6.56. The van der Waals surface area contributed by atoms with Gasteiger partial charge in [0.25, 0.3) is 0 Å². The zero-order valence-electron chi connectivity index (χ0n) is 22.4. The maximum Gasteiger partial charge on any atom is 0.340 e. The molecule has 39 heavy (non-hydrogen) atoms. The van der Waals surface area contributed by atoms with E-state index in [0.29, 0.717) is 27.6 Å². The van der Waals surface area contributed by atoms with Gasteiger partial charge >= 0.3 is 5.97 Å². The lowest BCUT2D eigenvalue weighted by Gasteiger charge is -2.41. The van der Waals surface area contributed by atoms with E-state index in [1.807, 2.05) is 42.1 Å². The Kier molecular flexibility index (Phi) is 7.08. The molecule has 0 amide bonds. The Balaban J connectivity index is 1.18. The minimum Gasteiger partial charge on any atom is -0.465 e. The van der Waals surface area contributed by atoms with Gasteiger partial charge in [0.05, 0.1) is 28.2 Å². The second-order valence-electron chi connectivity index (χ2n) is 10.7. The van der Waals surface area contributed by atoms with E-state index in [1.165, 1.54) is 7.11 Å². The Labute approximate surface area is 238 Å². The smallest absolute Gasteiger partial charge is 0.340 e. The summed E-state index contributed by atoms with van der Waals surface area (Å²) in [5, 5.41) is 6.55. The SMILES string of the molecule is COC(=O)c1cn(C)c2cc(N3CCN(CCc4c(-c5c(Cl)cccc5Cl)noc4C4CC4)[C@@H](C)C3)ccc12. The van der Waals surface area contributed by atoms with Crippen LogP contribution in [0.4, 0.5) is 5.69 Å². The molecular weight excluding hydrogens is 535 g/mol. The van der Waals surface area contributed by atoms with Gasteiger partial charge in [0.1, 0.15) is 11.5 Å². The molecule has 4 aromatic rings. The van der Waals surface area contributed by atoms with E-state index in [2.05, 4.69) is 34.0 Å². The number of esters is 1. The molecule has 0 unspecified atom stereocenters. The standard InChI is InChI=1S/C30H32Cl2N4O3/c1-18-16-36(20-9-10-21-23(30(37)38-3)17-34(2)26(21)15-20)14-13-35(18)12-11-22-28(33-39-29(22)19-7-8-19)27-24(31)5-4-6-25(27)32/h4-6,9-10,15,17-19H,7-8,11-14,16H2,1-3H3/t18-/m0/s1. The molecule has 2 aliphatic rings. The number of benzene rings is 2. The van der Waals surface area contributed by atoms with Gasteiger partial charge in [0.15, 0.2) is 0 Å². The van der Waals surface area contributed by atoms with E-state index in [1.54, 1.807) is 0 Å². The van der Waals surface area contributed by atoms with Crippen molar-refractivity contribution < 1.29 is 14.1 Å². The number of aryl methyl sites for hydroxylation is 1. The fraction of sp³-hybridized carbons (Fsp3) is 0.400. The molecular formula is C30H32Cl2N4O3. The van der Waals surface area contributed by atoms with Gasteiger partial charge in [0.2, 0.25) is 0 Å². The minimum absolute atomic E-state index is 0.312. The van der Waals surface area contributed by atoms with E-state index < -0.39 is 0 Å². The Bertz CT molecular complexity index is 1520. The number of hydrogen-bond acceptors (Lipinski definition) is 6. The summed E-state index contributed by atoms with van der Waals surface area (Å²) >= 11 is 13.1. The number of hydrogen-bond donors (Lipinski definition) is 0. The quantitative estimate of drug-likeness (QED) is 0.236. The second-order valence-corrected chi connectivity index (χ2v) is 11.5. The molecule has 0 radical (unpaired) electrons. The Morgan fingerprint density at radius 1 is 1.15 bits per heavy atom. The number of halogens is 2. The normalized spacial score (nSPS) is 18.2. The van der Waals surface area contributed by atoms with E-state index in [0.717, 1.165) is 84.6 Å². The highest BCUT2D eigenvalue weighted by atomic mass is 35.5. The van der Waals surface area contributed by atoms with Gasteiger partial charge in [0, 0.05) is 73.6 Å². The summed E-state index contributed by atoms with van der Waals surface area (Å²) in [4.78, 5) is 17.1. The summed E-state index contributed by atoms with van der Waals surface area (Å²) in [6.45, 7) is 5.98. The van der Waals surface area contributed by atoms with Crippen LogP contribution in [-0.2, 0) is 18.2 Å². The molecule has 0 bridgehead atoms. The monoisotopic (exact) mass is 566 g/mol. The predicted molar refractivity (Wildman–Crippen MR) is 155 cm³/mol. The number of rotatable bonds is 7. The van der Waals surface area contributed by atoms with Crippen LogP contribution in [-0.4, -0.2) is 59.9 Å². The van der Waals surface area contributed by atoms with Crippen molar-refractivity contribution >= 4 is 45.8 Å². The molecule has 9 heteroatoms. The molecule has 1 aliphatic carbocycles. The van der Waals surface area contributed by atoms with Crippen molar-refractivity contribution in [2.45, 2.75) is 38.1 Å². The van der Waals surface area contributed by atoms with Crippen LogP contribution >= 0.6 is 23.2 Å². The van der Waals surface area contributed by atoms with Crippen LogP contribution in [0.1, 0.15) is 47.4 Å². The number of methoxy groups -OCH3 is 1. The van der Waals surface area contributed by atoms with Crippen molar-refractivity contribution in [3.05, 3.63) is 69.5 Å². The number of fused-ring (bicyclic) bond motifs is 1. The molecule has 7 nitrogen and oxygen atoms in total. The average molecular weight is 568 g/mol. The Hall–Kier alpha value is -3.00. The molecule has 1 saturated heterocycles. The number of carbonyl (C=O) groups excluding carboxylic acids is 1. The molecule has 2 fully saturated rings. The molecule has 204 valence electrons. The van der Waals surface area contributed by atoms with Gasteiger partial charge in [-0.25, -0.2) is 4.79 Å². The second kappa shape index (κ2) is 10.5. The number of nitrogens with zero attached hydrogens (tertiary/aromatic N) is 4. The molecule has 0 spiro atoms. The maximum atomic E-state index is 12.2. The fourth-order valence-electron chi connectivity index (χ4n) is 5.81. The first kappa shape index (κ1) is 26.2.